The summed E-state index contributed by atoms with van der Waals surface area (Å²) in [4.78, 5) is 25.3. The zero-order chi connectivity index (χ0) is 23.5. The molecule has 0 aliphatic heterocycles. The normalized spacial score (nSPS) is 10.2. The Labute approximate surface area is 199 Å². The van der Waals surface area contributed by atoms with Crippen LogP contribution in [0.5, 0.6) is 5.75 Å². The lowest BCUT2D eigenvalue weighted by molar-refractivity contribution is 0.0976. The Morgan fingerprint density at radius 2 is 1.52 bits per heavy atom. The van der Waals surface area contributed by atoms with Crippen LogP contribution in [0.4, 0.5) is 11.4 Å². The fourth-order valence-corrected chi connectivity index (χ4v) is 3.29. The summed E-state index contributed by atoms with van der Waals surface area (Å²) in [5.41, 5.74) is 2.04. The second-order valence-electron chi connectivity index (χ2n) is 7.35. The lowest BCUT2D eigenvalue weighted by atomic mass is 10.1. The Hall–Kier alpha value is -3.71. The first kappa shape index (κ1) is 23.9. The molecule has 7 heteroatoms. The number of para-hydroxylation sites is 2. The number of amides is 2. The number of unbranched alkanes of at least 4 members (excludes halogenated alkanes) is 2. The van der Waals surface area contributed by atoms with E-state index in [-0.39, 0.29) is 16.9 Å². The van der Waals surface area contributed by atoms with E-state index in [1.165, 1.54) is 0 Å². The summed E-state index contributed by atoms with van der Waals surface area (Å²) in [5.74, 6) is 0.0888. The third-order valence-corrected chi connectivity index (χ3v) is 5.02. The van der Waals surface area contributed by atoms with E-state index in [9.17, 15) is 9.59 Å². The third kappa shape index (κ3) is 7.43. The second-order valence-corrected chi connectivity index (χ2v) is 7.76. The van der Waals surface area contributed by atoms with Crippen molar-refractivity contribution in [3.8, 4) is 5.75 Å². The molecule has 0 atom stereocenters. The van der Waals surface area contributed by atoms with Crippen molar-refractivity contribution in [1.29, 1.82) is 0 Å². The van der Waals surface area contributed by atoms with Crippen LogP contribution >= 0.6 is 12.2 Å². The van der Waals surface area contributed by atoms with E-state index in [0.29, 0.717) is 29.1 Å². The van der Waals surface area contributed by atoms with Gasteiger partial charge in [-0.1, -0.05) is 50.1 Å². The van der Waals surface area contributed by atoms with Gasteiger partial charge in [0.25, 0.3) is 11.8 Å². The van der Waals surface area contributed by atoms with Crippen molar-refractivity contribution in [2.24, 2.45) is 0 Å². The first-order valence-corrected chi connectivity index (χ1v) is 11.3. The summed E-state index contributed by atoms with van der Waals surface area (Å²) in [6, 6.07) is 23.0. The molecule has 0 bridgehead atoms. The van der Waals surface area contributed by atoms with E-state index in [1.807, 2.05) is 18.2 Å². The van der Waals surface area contributed by atoms with Crippen molar-refractivity contribution in [2.75, 3.05) is 17.2 Å². The van der Waals surface area contributed by atoms with Gasteiger partial charge in [0.15, 0.2) is 5.11 Å². The van der Waals surface area contributed by atoms with Crippen molar-refractivity contribution in [2.45, 2.75) is 26.2 Å². The van der Waals surface area contributed by atoms with Gasteiger partial charge in [0.2, 0.25) is 0 Å². The molecular weight excluding hydrogens is 434 g/mol. The van der Waals surface area contributed by atoms with Crippen molar-refractivity contribution in [3.63, 3.8) is 0 Å². The van der Waals surface area contributed by atoms with Gasteiger partial charge in [0.05, 0.1) is 17.9 Å². The van der Waals surface area contributed by atoms with Crippen LogP contribution in [-0.4, -0.2) is 23.5 Å². The molecule has 0 radical (unpaired) electrons. The molecule has 3 aromatic rings. The Balaban J connectivity index is 1.57. The standard InChI is InChI=1S/C26H27N3O3S/c1-2-3-9-18-32-21-16-14-19(15-17-21)24(30)29-26(33)28-23-13-8-7-12-22(23)25(31)27-20-10-5-4-6-11-20/h4-8,10-17H,2-3,9,18H2,1H3,(H,27,31)(H2,28,29,30,33). The van der Waals surface area contributed by atoms with Crippen LogP contribution in [0.1, 0.15) is 46.9 Å². The average Bonchev–Trinajstić information content (AvgIpc) is 2.83. The number of ether oxygens (including phenoxy) is 1. The predicted molar refractivity (Wildman–Crippen MR) is 136 cm³/mol. The minimum absolute atomic E-state index is 0.0971. The Morgan fingerprint density at radius 3 is 2.24 bits per heavy atom. The molecule has 0 aliphatic carbocycles. The maximum atomic E-state index is 12.7. The van der Waals surface area contributed by atoms with Crippen LogP contribution in [0.3, 0.4) is 0 Å². The number of hydrogen-bond donors (Lipinski definition) is 3. The molecule has 0 fully saturated rings. The smallest absolute Gasteiger partial charge is 0.257 e. The van der Waals surface area contributed by atoms with Crippen LogP contribution in [-0.2, 0) is 0 Å². The number of carbonyl (C=O) groups excluding carboxylic acids is 2. The van der Waals surface area contributed by atoms with E-state index >= 15 is 0 Å². The van der Waals surface area contributed by atoms with Gasteiger partial charge >= 0.3 is 0 Å². The maximum Gasteiger partial charge on any atom is 0.257 e. The summed E-state index contributed by atoms with van der Waals surface area (Å²) in [6.45, 7) is 2.80. The highest BCUT2D eigenvalue weighted by molar-refractivity contribution is 7.80. The summed E-state index contributed by atoms with van der Waals surface area (Å²) < 4.78 is 5.67. The number of hydrogen-bond acceptors (Lipinski definition) is 4. The Kier molecular flexibility index (Phi) is 8.97. The van der Waals surface area contributed by atoms with Crippen LogP contribution in [0.25, 0.3) is 0 Å². The molecule has 3 N–H and O–H groups in total. The number of anilines is 2. The highest BCUT2D eigenvalue weighted by atomic mass is 32.1. The SMILES string of the molecule is CCCCCOc1ccc(C(=O)NC(=S)Nc2ccccc2C(=O)Nc2ccccc2)cc1. The lowest BCUT2D eigenvalue weighted by Crippen LogP contribution is -2.34. The summed E-state index contributed by atoms with van der Waals surface area (Å²) in [6.07, 6.45) is 3.27. The largest absolute Gasteiger partial charge is 0.494 e. The molecule has 0 saturated carbocycles. The molecule has 0 aliphatic rings. The van der Waals surface area contributed by atoms with Gasteiger partial charge in [-0.25, -0.2) is 0 Å². The quantitative estimate of drug-likeness (QED) is 0.284. The van der Waals surface area contributed by atoms with E-state index in [1.54, 1.807) is 60.7 Å². The minimum atomic E-state index is -0.351. The van der Waals surface area contributed by atoms with Gasteiger partial charge in [-0.3, -0.25) is 14.9 Å². The first-order valence-electron chi connectivity index (χ1n) is 10.9. The minimum Gasteiger partial charge on any atom is -0.494 e. The fourth-order valence-electron chi connectivity index (χ4n) is 3.08. The molecule has 170 valence electrons. The van der Waals surface area contributed by atoms with Crippen LogP contribution in [0, 0.1) is 0 Å². The lowest BCUT2D eigenvalue weighted by Gasteiger charge is -2.14. The number of nitrogens with one attached hydrogen (secondary N) is 3. The number of thiocarbonyl (C=S) groups is 1. The van der Waals surface area contributed by atoms with Crippen LogP contribution in [0.15, 0.2) is 78.9 Å². The van der Waals surface area contributed by atoms with Crippen molar-refractivity contribution < 1.29 is 14.3 Å². The molecule has 3 aromatic carbocycles. The van der Waals surface area contributed by atoms with E-state index < -0.39 is 0 Å². The van der Waals surface area contributed by atoms with Crippen molar-refractivity contribution >= 4 is 40.5 Å². The highest BCUT2D eigenvalue weighted by Crippen LogP contribution is 2.18. The van der Waals surface area contributed by atoms with Gasteiger partial charge in [-0.2, -0.15) is 0 Å². The summed E-state index contributed by atoms with van der Waals surface area (Å²) in [5, 5.41) is 8.53. The van der Waals surface area contributed by atoms with E-state index in [2.05, 4.69) is 22.9 Å². The zero-order valence-corrected chi connectivity index (χ0v) is 19.3. The van der Waals surface area contributed by atoms with Gasteiger partial charge < -0.3 is 15.4 Å². The summed E-state index contributed by atoms with van der Waals surface area (Å²) in [7, 11) is 0. The monoisotopic (exact) mass is 461 g/mol. The Morgan fingerprint density at radius 1 is 0.818 bits per heavy atom. The van der Waals surface area contributed by atoms with Crippen LogP contribution < -0.4 is 20.7 Å². The molecule has 6 nitrogen and oxygen atoms in total. The number of carbonyl (C=O) groups is 2. The Bertz CT molecular complexity index is 1090. The van der Waals surface area contributed by atoms with Gasteiger partial charge in [0, 0.05) is 11.3 Å². The topological polar surface area (TPSA) is 79.5 Å². The molecule has 0 saturated heterocycles. The highest BCUT2D eigenvalue weighted by Gasteiger charge is 2.14. The first-order chi connectivity index (χ1) is 16.1. The molecule has 0 aromatic heterocycles. The molecule has 0 spiro atoms. The van der Waals surface area contributed by atoms with Gasteiger partial charge in [-0.15, -0.1) is 0 Å². The molecule has 0 heterocycles. The van der Waals surface area contributed by atoms with Crippen molar-refractivity contribution in [1.82, 2.24) is 5.32 Å². The molecule has 3 rings (SSSR count). The third-order valence-electron chi connectivity index (χ3n) is 4.81. The maximum absolute atomic E-state index is 12.7. The number of rotatable bonds is 9. The van der Waals surface area contributed by atoms with E-state index in [0.717, 1.165) is 25.0 Å². The van der Waals surface area contributed by atoms with Crippen molar-refractivity contribution in [3.05, 3.63) is 90.0 Å². The fraction of sp³-hybridized carbons (Fsp3) is 0.192. The molecular formula is C26H27N3O3S. The van der Waals surface area contributed by atoms with E-state index in [4.69, 9.17) is 17.0 Å². The zero-order valence-electron chi connectivity index (χ0n) is 18.5. The second kappa shape index (κ2) is 12.4. The van der Waals surface area contributed by atoms with Crippen LogP contribution in [0.2, 0.25) is 0 Å². The molecule has 0 unspecified atom stereocenters. The predicted octanol–water partition coefficient (Wildman–Crippen LogP) is 5.63. The number of benzene rings is 3. The van der Waals surface area contributed by atoms with Gasteiger partial charge in [0.1, 0.15) is 5.75 Å². The molecule has 33 heavy (non-hydrogen) atoms. The average molecular weight is 462 g/mol. The summed E-state index contributed by atoms with van der Waals surface area (Å²) >= 11 is 5.30. The van der Waals surface area contributed by atoms with Gasteiger partial charge in [-0.05, 0) is 67.2 Å². The molecule has 2 amide bonds.